The second-order valence-corrected chi connectivity index (χ2v) is 21.9. The largest absolute Gasteiger partial charge is 0.458 e. The molecule has 0 aromatic heterocycles. The highest BCUT2D eigenvalue weighted by atomic mass is 28.3. The molecule has 0 amide bonds. The highest BCUT2D eigenvalue weighted by molar-refractivity contribution is 7.23. The van der Waals surface area contributed by atoms with Gasteiger partial charge in [-0.3, -0.25) is 0 Å². The van der Waals surface area contributed by atoms with Gasteiger partial charge in [0.1, 0.15) is 11.5 Å². The summed E-state index contributed by atoms with van der Waals surface area (Å²) in [7, 11) is -2.89. The van der Waals surface area contributed by atoms with Crippen LogP contribution in [0.4, 0.5) is 34.1 Å². The van der Waals surface area contributed by atoms with Crippen LogP contribution in [0.5, 0.6) is 11.5 Å². The third-order valence-electron chi connectivity index (χ3n) is 13.7. The first kappa shape index (κ1) is 38.4. The van der Waals surface area contributed by atoms with Crippen LogP contribution in [-0.2, 0) is 0 Å². The molecule has 11 rings (SSSR count). The average Bonchev–Trinajstić information content (AvgIpc) is 3.30. The molecule has 0 atom stereocenters. The molecule has 0 unspecified atom stereocenters. The predicted molar refractivity (Wildman–Crippen MR) is 266 cm³/mol. The first-order valence-electron chi connectivity index (χ1n) is 22.4. The lowest BCUT2D eigenvalue weighted by atomic mass is 9.34. The molecule has 0 fully saturated rings. The molecule has 8 aromatic rings. The topological polar surface area (TPSA) is 15.7 Å². The first-order valence-corrected chi connectivity index (χ1v) is 24.4. The molecule has 8 aromatic carbocycles. The molecule has 62 heavy (non-hydrogen) atoms. The Hall–Kier alpha value is -6.56. The van der Waals surface area contributed by atoms with Gasteiger partial charge in [0.25, 0.3) is 6.71 Å². The van der Waals surface area contributed by atoms with E-state index in [0.717, 1.165) is 17.2 Å². The molecule has 0 saturated heterocycles. The third kappa shape index (κ3) is 5.64. The van der Waals surface area contributed by atoms with Crippen LogP contribution >= 0.6 is 0 Å². The van der Waals surface area contributed by atoms with Gasteiger partial charge in [0.05, 0.1) is 0 Å². The van der Waals surface area contributed by atoms with Gasteiger partial charge >= 0.3 is 0 Å². The van der Waals surface area contributed by atoms with E-state index in [0.29, 0.717) is 17.8 Å². The van der Waals surface area contributed by atoms with Crippen LogP contribution in [0.3, 0.4) is 0 Å². The molecule has 3 heterocycles. The highest BCUT2D eigenvalue weighted by Gasteiger charge is 2.54. The van der Waals surface area contributed by atoms with Crippen molar-refractivity contribution >= 4 is 86.0 Å². The summed E-state index contributed by atoms with van der Waals surface area (Å²) in [6, 6.07) is 68.3. The van der Waals surface area contributed by atoms with Gasteiger partial charge in [-0.1, -0.05) is 174 Å². The molecule has 3 aliphatic heterocycles. The third-order valence-corrected chi connectivity index (χ3v) is 18.6. The maximum absolute atomic E-state index is 7.03. The fourth-order valence-corrected chi connectivity index (χ4v) is 16.4. The number of hydrogen-bond acceptors (Lipinski definition) is 3. The average molecular weight is 819 g/mol. The lowest BCUT2D eigenvalue weighted by Crippen LogP contribution is -2.79. The van der Waals surface area contributed by atoms with Gasteiger partial charge in [-0.05, 0) is 115 Å². The van der Waals surface area contributed by atoms with Crippen LogP contribution in [0.15, 0.2) is 182 Å². The number of hydrogen-bond donors (Lipinski definition) is 0. The zero-order valence-electron chi connectivity index (χ0n) is 36.4. The summed E-state index contributed by atoms with van der Waals surface area (Å²) in [6.07, 6.45) is 0. The Labute approximate surface area is 368 Å². The van der Waals surface area contributed by atoms with Crippen LogP contribution in [0, 0.1) is 0 Å². The zero-order valence-corrected chi connectivity index (χ0v) is 37.4. The second kappa shape index (κ2) is 14.8. The van der Waals surface area contributed by atoms with Gasteiger partial charge < -0.3 is 14.5 Å². The van der Waals surface area contributed by atoms with Gasteiger partial charge in [0, 0.05) is 40.2 Å². The molecule has 5 heteroatoms. The number of nitrogens with zero attached hydrogens (tertiary/aromatic N) is 2. The fraction of sp³-hybridized carbons (Fsp3) is 0.158. The van der Waals surface area contributed by atoms with E-state index in [1.54, 1.807) is 0 Å². The number of ether oxygens (including phenoxy) is 1. The van der Waals surface area contributed by atoms with E-state index in [-0.39, 0.29) is 6.71 Å². The Morgan fingerprint density at radius 1 is 0.403 bits per heavy atom. The van der Waals surface area contributed by atoms with Crippen LogP contribution < -0.4 is 51.7 Å². The number of fused-ring (bicyclic) bond motifs is 10. The molecule has 302 valence electrons. The lowest BCUT2D eigenvalue weighted by molar-refractivity contribution is 0.487. The summed E-state index contributed by atoms with van der Waals surface area (Å²) in [5, 5.41) is 5.59. The predicted octanol–water partition coefficient (Wildman–Crippen LogP) is 10.6. The molecule has 1 spiro atoms. The summed E-state index contributed by atoms with van der Waals surface area (Å²) in [4.78, 5) is 4.98. The monoisotopic (exact) mass is 818 g/mol. The van der Waals surface area contributed by atoms with Crippen LogP contribution in [0.2, 0.25) is 0 Å². The smallest absolute Gasteiger partial charge is 0.251 e. The van der Waals surface area contributed by atoms with E-state index in [4.69, 9.17) is 4.74 Å². The van der Waals surface area contributed by atoms with E-state index in [2.05, 4.69) is 233 Å². The minimum absolute atomic E-state index is 0.0411. The minimum atomic E-state index is -2.89. The normalized spacial score (nSPS) is 14.2. The molecule has 0 aliphatic carbocycles. The number of benzene rings is 8. The van der Waals surface area contributed by atoms with Crippen LogP contribution in [0.25, 0.3) is 0 Å². The summed E-state index contributed by atoms with van der Waals surface area (Å²) in [6.45, 7) is 14.1. The van der Waals surface area contributed by atoms with E-state index >= 15 is 0 Å². The van der Waals surface area contributed by atoms with Crippen molar-refractivity contribution in [2.75, 3.05) is 9.80 Å². The van der Waals surface area contributed by atoms with Crippen LogP contribution in [-0.4, -0.2) is 14.8 Å². The van der Waals surface area contributed by atoms with Gasteiger partial charge in [0.2, 0.25) is 0 Å². The van der Waals surface area contributed by atoms with Crippen molar-refractivity contribution < 1.29 is 4.74 Å². The van der Waals surface area contributed by atoms with Crippen LogP contribution in [0.1, 0.15) is 76.0 Å². The standard InChI is InChI=1S/C57H51BN2OSi/c1-37(2)40-34-43(38(3)4)57(44(35-40)39(5)6)58-45-22-10-15-27-51(45)61-52-36-42(32-33-46(52)58)60-49-25-13-18-30-55(49)62(56-31-19-14-26-50(56)60)53-28-16-11-23-47(53)59(41-20-8-7-9-21-41)48-24-12-17-29-54(48)62/h7-39H,1-6H3. The Balaban J connectivity index is 1.13. The van der Waals surface area contributed by atoms with Crippen molar-refractivity contribution in [1.29, 1.82) is 0 Å². The zero-order chi connectivity index (χ0) is 42.3. The maximum Gasteiger partial charge on any atom is 0.251 e. The van der Waals surface area contributed by atoms with Crippen molar-refractivity contribution in [3.05, 3.63) is 199 Å². The summed E-state index contributed by atoms with van der Waals surface area (Å²) < 4.78 is 7.03. The van der Waals surface area contributed by atoms with Crippen molar-refractivity contribution in [2.24, 2.45) is 0 Å². The highest BCUT2D eigenvalue weighted by Crippen LogP contribution is 2.44. The molecule has 3 nitrogen and oxygen atoms in total. The SMILES string of the molecule is CC(C)c1cc(C(C)C)c(B2c3ccccc3Oc3cc(N4c5ccccc5[Si]5(c6ccccc6N(c6ccccc6)c6ccccc65)c5ccccc54)ccc32)c(C(C)C)c1. The van der Waals surface area contributed by atoms with Gasteiger partial charge in [0.15, 0.2) is 8.07 Å². The molecule has 0 radical (unpaired) electrons. The van der Waals surface area contributed by atoms with Crippen molar-refractivity contribution in [2.45, 2.75) is 59.3 Å². The van der Waals surface area contributed by atoms with Crippen molar-refractivity contribution in [3.63, 3.8) is 0 Å². The lowest BCUT2D eigenvalue weighted by Gasteiger charge is -2.50. The Morgan fingerprint density at radius 2 is 0.839 bits per heavy atom. The van der Waals surface area contributed by atoms with E-state index < -0.39 is 8.07 Å². The molecular weight excluding hydrogens is 768 g/mol. The molecule has 0 bridgehead atoms. The van der Waals surface area contributed by atoms with Gasteiger partial charge in [-0.25, -0.2) is 0 Å². The Bertz CT molecular complexity index is 2900. The second-order valence-electron chi connectivity index (χ2n) is 18.2. The Kier molecular flexibility index (Phi) is 9.17. The van der Waals surface area contributed by atoms with E-state index in [1.807, 2.05) is 0 Å². The molecule has 0 N–H and O–H groups in total. The van der Waals surface area contributed by atoms with Gasteiger partial charge in [-0.15, -0.1) is 0 Å². The summed E-state index contributed by atoms with van der Waals surface area (Å²) >= 11 is 0. The van der Waals surface area contributed by atoms with Crippen molar-refractivity contribution in [1.82, 2.24) is 0 Å². The fourth-order valence-electron chi connectivity index (χ4n) is 10.9. The van der Waals surface area contributed by atoms with E-state index in [9.17, 15) is 0 Å². The summed E-state index contributed by atoms with van der Waals surface area (Å²) in [5.74, 6) is 3.04. The molecule has 3 aliphatic rings. The minimum Gasteiger partial charge on any atom is -0.458 e. The van der Waals surface area contributed by atoms with E-state index in [1.165, 1.54) is 82.3 Å². The van der Waals surface area contributed by atoms with Crippen molar-refractivity contribution in [3.8, 4) is 11.5 Å². The molecular formula is C57H51BN2OSi. The number of rotatable bonds is 6. The quantitative estimate of drug-likeness (QED) is 0.156. The van der Waals surface area contributed by atoms with Gasteiger partial charge in [-0.2, -0.15) is 0 Å². The first-order chi connectivity index (χ1) is 30.3. The summed E-state index contributed by atoms with van der Waals surface area (Å²) in [5.41, 5.74) is 15.4. The maximum atomic E-state index is 7.03. The molecule has 0 saturated carbocycles. The number of anilines is 6. The Morgan fingerprint density at radius 3 is 1.34 bits per heavy atom. The number of para-hydroxylation sites is 6.